The first kappa shape index (κ1) is 39.8. The van der Waals surface area contributed by atoms with Gasteiger partial charge in [-0.1, -0.05) is 70.9 Å². The van der Waals surface area contributed by atoms with Gasteiger partial charge in [0.2, 0.25) is 11.8 Å². The lowest BCUT2D eigenvalue weighted by Gasteiger charge is -2.33. The number of aliphatic hydroxyl groups is 1. The highest BCUT2D eigenvalue weighted by atomic mass is 32.2. The van der Waals surface area contributed by atoms with Gasteiger partial charge >= 0.3 is 0 Å². The van der Waals surface area contributed by atoms with Crippen LogP contribution < -0.4 is 16.0 Å². The molecule has 0 aliphatic heterocycles. The summed E-state index contributed by atoms with van der Waals surface area (Å²) in [7, 11) is -2.32. The highest BCUT2D eigenvalue weighted by Crippen LogP contribution is 2.19. The van der Waals surface area contributed by atoms with Gasteiger partial charge in [-0.15, -0.1) is 0 Å². The van der Waals surface area contributed by atoms with E-state index in [1.54, 1.807) is 30.3 Å². The van der Waals surface area contributed by atoms with E-state index in [1.807, 2.05) is 33.8 Å². The summed E-state index contributed by atoms with van der Waals surface area (Å²) in [5.74, 6) is -2.24. The molecule has 2 rings (SSSR count). The van der Waals surface area contributed by atoms with Crippen molar-refractivity contribution in [3.8, 4) is 0 Å². The lowest BCUT2D eigenvalue weighted by atomic mass is 10.1. The fraction of sp³-hybridized carbons (Fsp3) is 0.588. The van der Waals surface area contributed by atoms with Crippen LogP contribution in [-0.2, 0) is 30.7 Å². The monoisotopic (exact) mass is 675 g/mol. The van der Waals surface area contributed by atoms with Gasteiger partial charge < -0.3 is 30.7 Å². The molecule has 0 spiro atoms. The van der Waals surface area contributed by atoms with E-state index >= 15 is 0 Å². The van der Waals surface area contributed by atoms with Crippen molar-refractivity contribution in [1.29, 1.82) is 0 Å². The maximum atomic E-state index is 14.4. The molecule has 1 aromatic carbocycles. The number of carbonyl (C=O) groups is 3. The average Bonchev–Trinajstić information content (AvgIpc) is 3.05. The van der Waals surface area contributed by atoms with Crippen LogP contribution in [0.3, 0.4) is 0 Å². The molecule has 0 fully saturated rings. The Hall–Kier alpha value is -3.39. The van der Waals surface area contributed by atoms with Crippen molar-refractivity contribution in [2.45, 2.75) is 83.4 Å². The zero-order chi connectivity index (χ0) is 34.8. The van der Waals surface area contributed by atoms with Crippen molar-refractivity contribution in [3.63, 3.8) is 0 Å². The third kappa shape index (κ3) is 13.7. The fourth-order valence-electron chi connectivity index (χ4n) is 5.15. The number of rotatable bonds is 22. The summed E-state index contributed by atoms with van der Waals surface area (Å²) in [6, 6.07) is 9.56. The van der Waals surface area contributed by atoms with E-state index in [-0.39, 0.29) is 37.7 Å². The standard InChI is InChI=1S/C34H53N5O7S/c1-6-12-28(13-7-2)47(44,45)24-29(38-32(41)27-16-11-17-35-21-27)34(43)39(22-26-14-9-8-10-15-26)23-30(40)31(36-18-19-46-5)33(42)37-20-25(3)4/h8-11,14-17,21,25,28-31,36,40H,6-7,12-13,18-20,22-24H2,1-5H3,(H,37,42)(H,38,41). The van der Waals surface area contributed by atoms with Crippen molar-refractivity contribution in [2.75, 3.05) is 39.1 Å². The number of hydrogen-bond acceptors (Lipinski definition) is 9. The van der Waals surface area contributed by atoms with Crippen molar-refractivity contribution in [2.24, 2.45) is 5.92 Å². The first-order chi connectivity index (χ1) is 22.4. The number of sulfone groups is 1. The minimum absolute atomic E-state index is 0.00178. The number of methoxy groups -OCH3 is 1. The molecule has 1 aromatic heterocycles. The van der Waals surface area contributed by atoms with Gasteiger partial charge in [0.1, 0.15) is 12.1 Å². The number of aliphatic hydroxyl groups excluding tert-OH is 1. The Kier molecular flexibility index (Phi) is 17.6. The first-order valence-electron chi connectivity index (χ1n) is 16.4. The van der Waals surface area contributed by atoms with Crippen molar-refractivity contribution < 1.29 is 32.6 Å². The third-order valence-corrected chi connectivity index (χ3v) is 9.90. The first-order valence-corrected chi connectivity index (χ1v) is 18.1. The molecule has 0 radical (unpaired) electrons. The molecule has 0 saturated heterocycles. The normalized spacial score (nSPS) is 13.6. The molecule has 1 heterocycles. The Morgan fingerprint density at radius 3 is 2.28 bits per heavy atom. The Labute approximate surface area is 280 Å². The molecule has 13 heteroatoms. The number of nitrogens with zero attached hydrogens (tertiary/aromatic N) is 2. The van der Waals surface area contributed by atoms with Crippen LogP contribution >= 0.6 is 0 Å². The van der Waals surface area contributed by atoms with E-state index in [0.717, 1.165) is 5.56 Å². The summed E-state index contributed by atoms with van der Waals surface area (Å²) in [5.41, 5.74) is 0.886. The lowest BCUT2D eigenvalue weighted by Crippen LogP contribution is -2.58. The Bertz CT molecular complexity index is 1320. The van der Waals surface area contributed by atoms with Crippen LogP contribution in [0.15, 0.2) is 54.9 Å². The van der Waals surface area contributed by atoms with Crippen LogP contribution in [0.5, 0.6) is 0 Å². The smallest absolute Gasteiger partial charge is 0.253 e. The number of pyridine rings is 1. The van der Waals surface area contributed by atoms with Crippen LogP contribution in [0.2, 0.25) is 0 Å². The molecule has 0 aliphatic carbocycles. The van der Waals surface area contributed by atoms with Crippen LogP contribution in [0, 0.1) is 5.92 Å². The van der Waals surface area contributed by atoms with Gasteiger partial charge in [-0.2, -0.15) is 0 Å². The number of hydrogen-bond donors (Lipinski definition) is 4. The number of amides is 3. The summed E-state index contributed by atoms with van der Waals surface area (Å²) in [6.45, 7) is 8.32. The van der Waals surface area contributed by atoms with E-state index in [4.69, 9.17) is 4.74 Å². The van der Waals surface area contributed by atoms with E-state index in [9.17, 15) is 27.9 Å². The van der Waals surface area contributed by atoms with Crippen LogP contribution in [0.1, 0.15) is 69.3 Å². The number of aromatic nitrogens is 1. The van der Waals surface area contributed by atoms with E-state index in [0.29, 0.717) is 32.2 Å². The molecule has 3 atom stereocenters. The Morgan fingerprint density at radius 2 is 1.70 bits per heavy atom. The minimum Gasteiger partial charge on any atom is -0.389 e. The Morgan fingerprint density at radius 1 is 1.02 bits per heavy atom. The zero-order valence-electron chi connectivity index (χ0n) is 28.4. The number of nitrogens with one attached hydrogen (secondary N) is 3. The van der Waals surface area contributed by atoms with Gasteiger partial charge in [0.05, 0.1) is 29.3 Å². The predicted octanol–water partition coefficient (Wildman–Crippen LogP) is 2.33. The average molecular weight is 676 g/mol. The number of carbonyl (C=O) groups excluding carboxylic acids is 3. The van der Waals surface area contributed by atoms with Gasteiger partial charge in [-0.05, 0) is 36.5 Å². The summed E-state index contributed by atoms with van der Waals surface area (Å²) < 4.78 is 32.6. The van der Waals surface area contributed by atoms with Gasteiger partial charge in [-0.3, -0.25) is 19.4 Å². The topological polar surface area (TPSA) is 167 Å². The number of ether oxygens (including phenoxy) is 1. The minimum atomic E-state index is -3.84. The van der Waals surface area contributed by atoms with Gasteiger partial charge in [0.25, 0.3) is 5.91 Å². The zero-order valence-corrected chi connectivity index (χ0v) is 29.2. The predicted molar refractivity (Wildman–Crippen MR) is 182 cm³/mol. The SMILES string of the molecule is CCCC(CCC)S(=O)(=O)CC(NC(=O)c1cccnc1)C(=O)N(Cc1ccccc1)CC(O)C(NCCOC)C(=O)NCC(C)C. The van der Waals surface area contributed by atoms with E-state index in [2.05, 4.69) is 20.9 Å². The molecule has 0 saturated carbocycles. The number of benzene rings is 1. The molecule has 262 valence electrons. The maximum absolute atomic E-state index is 14.4. The van der Waals surface area contributed by atoms with E-state index < -0.39 is 56.7 Å². The summed E-state index contributed by atoms with van der Waals surface area (Å²) in [5, 5.41) is 19.3. The maximum Gasteiger partial charge on any atom is 0.253 e. The molecular weight excluding hydrogens is 622 g/mol. The van der Waals surface area contributed by atoms with Crippen LogP contribution in [0.4, 0.5) is 0 Å². The van der Waals surface area contributed by atoms with Crippen molar-refractivity contribution in [1.82, 2.24) is 25.8 Å². The molecular formula is C34H53N5O7S. The second-order valence-corrected chi connectivity index (χ2v) is 14.5. The molecule has 2 aromatic rings. The molecule has 4 N–H and O–H groups in total. The van der Waals surface area contributed by atoms with Crippen LogP contribution in [-0.4, -0.2) is 104 Å². The highest BCUT2D eigenvalue weighted by Gasteiger charge is 2.37. The second-order valence-electron chi connectivity index (χ2n) is 12.1. The Balaban J connectivity index is 2.51. The van der Waals surface area contributed by atoms with Crippen molar-refractivity contribution >= 4 is 27.6 Å². The summed E-state index contributed by atoms with van der Waals surface area (Å²) in [4.78, 5) is 46.2. The second kappa shape index (κ2) is 20.8. The van der Waals surface area contributed by atoms with E-state index in [1.165, 1.54) is 30.5 Å². The molecule has 3 unspecified atom stereocenters. The fourth-order valence-corrected chi connectivity index (χ4v) is 7.30. The lowest BCUT2D eigenvalue weighted by molar-refractivity contribution is -0.137. The third-order valence-electron chi connectivity index (χ3n) is 7.61. The van der Waals surface area contributed by atoms with Crippen molar-refractivity contribution in [3.05, 3.63) is 66.0 Å². The van der Waals surface area contributed by atoms with Gasteiger partial charge in [-0.25, -0.2) is 8.42 Å². The quantitative estimate of drug-likeness (QED) is 0.137. The summed E-state index contributed by atoms with van der Waals surface area (Å²) >= 11 is 0. The van der Waals surface area contributed by atoms with Gasteiger partial charge in [0, 0.05) is 45.7 Å². The molecule has 47 heavy (non-hydrogen) atoms. The van der Waals surface area contributed by atoms with Crippen LogP contribution in [0.25, 0.3) is 0 Å². The molecule has 12 nitrogen and oxygen atoms in total. The molecule has 3 amide bonds. The molecule has 0 bridgehead atoms. The largest absolute Gasteiger partial charge is 0.389 e. The van der Waals surface area contributed by atoms with Gasteiger partial charge in [0.15, 0.2) is 9.84 Å². The highest BCUT2D eigenvalue weighted by molar-refractivity contribution is 7.92. The summed E-state index contributed by atoms with van der Waals surface area (Å²) in [6.07, 6.45) is 3.61. The molecule has 0 aliphatic rings.